The number of carbonyl (C=O) groups is 2. The van der Waals surface area contributed by atoms with Crippen LogP contribution in [0.15, 0.2) is 0 Å². The second kappa shape index (κ2) is 7.22. The Labute approximate surface area is 118 Å². The lowest BCUT2D eigenvalue weighted by Crippen LogP contribution is -2.54. The number of carbonyl (C=O) groups excluding carboxylic acids is 2. The number of amides is 3. The summed E-state index contributed by atoms with van der Waals surface area (Å²) in [5.74, 6) is -0.359. The number of nitrogens with zero attached hydrogens (tertiary/aromatic N) is 2. The van der Waals surface area contributed by atoms with Crippen molar-refractivity contribution in [3.63, 3.8) is 0 Å². The van der Waals surface area contributed by atoms with Crippen molar-refractivity contribution in [1.82, 2.24) is 20.9 Å². The van der Waals surface area contributed by atoms with Crippen LogP contribution in [0.25, 0.3) is 0 Å². The summed E-state index contributed by atoms with van der Waals surface area (Å²) in [4.78, 5) is 25.3. The summed E-state index contributed by atoms with van der Waals surface area (Å²) in [5.41, 5.74) is 0. The number of hydrogen-bond donors (Lipinski definition) is 3. The van der Waals surface area contributed by atoms with Crippen molar-refractivity contribution in [1.29, 1.82) is 5.26 Å². The van der Waals surface area contributed by atoms with Crippen molar-refractivity contribution >= 4 is 11.9 Å². The number of rotatable bonds is 3. The molecule has 3 N–H and O–H groups in total. The van der Waals surface area contributed by atoms with Gasteiger partial charge in [0.2, 0.25) is 5.91 Å². The molecule has 0 aromatic carbocycles. The first-order valence-electron chi connectivity index (χ1n) is 7.14. The normalized spacial score (nSPS) is 24.1. The van der Waals surface area contributed by atoms with Crippen LogP contribution in [0.2, 0.25) is 0 Å². The Bertz CT molecular complexity index is 400. The van der Waals surface area contributed by atoms with Crippen LogP contribution in [-0.4, -0.2) is 55.1 Å². The number of hydrogen-bond acceptors (Lipinski definition) is 5. The Morgan fingerprint density at radius 3 is 2.80 bits per heavy atom. The average molecular weight is 279 g/mol. The number of imide groups is 1. The molecule has 110 valence electrons. The lowest BCUT2D eigenvalue weighted by Gasteiger charge is -2.31. The third-order valence-corrected chi connectivity index (χ3v) is 3.79. The quantitative estimate of drug-likeness (QED) is 0.650. The van der Waals surface area contributed by atoms with Gasteiger partial charge in [0, 0.05) is 25.7 Å². The standard InChI is InChI=1S/C13H21N5O2/c14-7-11-8-15-5-6-18(11)9-12(19)17-13(20)16-10-3-1-2-4-10/h10-11,15H,1-6,8-9H2,(H2,16,17,19,20). The van der Waals surface area contributed by atoms with Crippen molar-refractivity contribution in [3.05, 3.63) is 0 Å². The van der Waals surface area contributed by atoms with Crippen LogP contribution in [0.3, 0.4) is 0 Å². The molecule has 2 fully saturated rings. The maximum atomic E-state index is 11.8. The first-order chi connectivity index (χ1) is 9.69. The van der Waals surface area contributed by atoms with Gasteiger partial charge in [-0.15, -0.1) is 0 Å². The molecule has 7 nitrogen and oxygen atoms in total. The van der Waals surface area contributed by atoms with Gasteiger partial charge in [0.05, 0.1) is 12.6 Å². The van der Waals surface area contributed by atoms with E-state index in [1.807, 2.05) is 0 Å². The van der Waals surface area contributed by atoms with Crippen molar-refractivity contribution in [2.24, 2.45) is 0 Å². The number of nitriles is 1. The summed E-state index contributed by atoms with van der Waals surface area (Å²) in [6.45, 7) is 2.02. The Morgan fingerprint density at radius 2 is 2.10 bits per heavy atom. The monoisotopic (exact) mass is 279 g/mol. The predicted octanol–water partition coefficient (Wildman–Crippen LogP) is -0.448. The molecule has 1 unspecified atom stereocenters. The molecule has 0 bridgehead atoms. The van der Waals surface area contributed by atoms with Gasteiger partial charge < -0.3 is 10.6 Å². The smallest absolute Gasteiger partial charge is 0.321 e. The van der Waals surface area contributed by atoms with Gasteiger partial charge in [-0.2, -0.15) is 5.26 Å². The first-order valence-corrected chi connectivity index (χ1v) is 7.14. The molecule has 2 rings (SSSR count). The summed E-state index contributed by atoms with van der Waals surface area (Å²) in [7, 11) is 0. The Morgan fingerprint density at radius 1 is 1.35 bits per heavy atom. The van der Waals surface area contributed by atoms with Crippen LogP contribution < -0.4 is 16.0 Å². The minimum atomic E-state index is -0.425. The maximum Gasteiger partial charge on any atom is 0.321 e. The fourth-order valence-electron chi connectivity index (χ4n) is 2.71. The van der Waals surface area contributed by atoms with E-state index in [1.54, 1.807) is 4.90 Å². The van der Waals surface area contributed by atoms with E-state index in [0.29, 0.717) is 13.1 Å². The minimum Gasteiger partial charge on any atom is -0.335 e. The highest BCUT2D eigenvalue weighted by atomic mass is 16.2. The van der Waals surface area contributed by atoms with E-state index in [4.69, 9.17) is 5.26 Å². The molecule has 7 heteroatoms. The summed E-state index contributed by atoms with van der Waals surface area (Å²) < 4.78 is 0. The van der Waals surface area contributed by atoms with Crippen LogP contribution in [0.4, 0.5) is 4.79 Å². The third kappa shape index (κ3) is 4.18. The Hall–Kier alpha value is -1.65. The molecule has 0 spiro atoms. The molecule has 3 amide bonds. The number of urea groups is 1. The van der Waals surface area contributed by atoms with Gasteiger partial charge in [-0.1, -0.05) is 12.8 Å². The zero-order valence-corrected chi connectivity index (χ0v) is 11.5. The molecule has 1 aliphatic heterocycles. The predicted molar refractivity (Wildman–Crippen MR) is 72.8 cm³/mol. The van der Waals surface area contributed by atoms with Gasteiger partial charge in [-0.05, 0) is 12.8 Å². The average Bonchev–Trinajstić information content (AvgIpc) is 2.91. The molecule has 1 saturated carbocycles. The molecule has 1 heterocycles. The molecular weight excluding hydrogens is 258 g/mol. The lowest BCUT2D eigenvalue weighted by atomic mass is 10.2. The SMILES string of the molecule is N#CC1CNCCN1CC(=O)NC(=O)NC1CCCC1. The summed E-state index contributed by atoms with van der Waals surface area (Å²) in [5, 5.41) is 17.2. The topological polar surface area (TPSA) is 97.3 Å². The molecule has 0 aromatic heterocycles. The van der Waals surface area contributed by atoms with Crippen LogP contribution in [-0.2, 0) is 4.79 Å². The zero-order chi connectivity index (χ0) is 14.4. The lowest BCUT2D eigenvalue weighted by molar-refractivity contribution is -0.121. The Kier molecular flexibility index (Phi) is 5.32. The van der Waals surface area contributed by atoms with E-state index in [-0.39, 0.29) is 24.5 Å². The van der Waals surface area contributed by atoms with Crippen LogP contribution in [0.1, 0.15) is 25.7 Å². The summed E-state index contributed by atoms with van der Waals surface area (Å²) in [6, 6.07) is 1.61. The van der Waals surface area contributed by atoms with E-state index < -0.39 is 6.03 Å². The number of nitrogens with one attached hydrogen (secondary N) is 3. The molecule has 0 radical (unpaired) electrons. The Balaban J connectivity index is 1.73. The van der Waals surface area contributed by atoms with E-state index in [1.165, 1.54) is 0 Å². The fraction of sp³-hybridized carbons (Fsp3) is 0.769. The van der Waals surface area contributed by atoms with E-state index in [9.17, 15) is 9.59 Å². The number of piperazine rings is 1. The zero-order valence-electron chi connectivity index (χ0n) is 11.5. The molecule has 20 heavy (non-hydrogen) atoms. The summed E-state index contributed by atoms with van der Waals surface area (Å²) in [6.07, 6.45) is 4.22. The first kappa shape index (κ1) is 14.8. The summed E-state index contributed by atoms with van der Waals surface area (Å²) >= 11 is 0. The second-order valence-electron chi connectivity index (χ2n) is 5.32. The molecule has 1 aliphatic carbocycles. The fourth-order valence-corrected chi connectivity index (χ4v) is 2.71. The highest BCUT2D eigenvalue weighted by molar-refractivity contribution is 5.95. The van der Waals surface area contributed by atoms with Crippen LogP contribution >= 0.6 is 0 Å². The van der Waals surface area contributed by atoms with E-state index in [2.05, 4.69) is 22.0 Å². The molecule has 2 aliphatic rings. The largest absolute Gasteiger partial charge is 0.335 e. The van der Waals surface area contributed by atoms with Crippen molar-refractivity contribution < 1.29 is 9.59 Å². The van der Waals surface area contributed by atoms with Gasteiger partial charge in [0.1, 0.15) is 6.04 Å². The van der Waals surface area contributed by atoms with Gasteiger partial charge >= 0.3 is 6.03 Å². The van der Waals surface area contributed by atoms with Crippen LogP contribution in [0, 0.1) is 11.3 Å². The maximum absolute atomic E-state index is 11.8. The molecule has 1 atom stereocenters. The highest BCUT2D eigenvalue weighted by Crippen LogP contribution is 2.17. The van der Waals surface area contributed by atoms with Gasteiger partial charge in [-0.3, -0.25) is 15.0 Å². The van der Waals surface area contributed by atoms with E-state index >= 15 is 0 Å². The second-order valence-corrected chi connectivity index (χ2v) is 5.32. The molecular formula is C13H21N5O2. The van der Waals surface area contributed by atoms with E-state index in [0.717, 1.165) is 32.2 Å². The van der Waals surface area contributed by atoms with Crippen molar-refractivity contribution in [3.8, 4) is 6.07 Å². The van der Waals surface area contributed by atoms with Gasteiger partial charge in [0.15, 0.2) is 0 Å². The molecule has 0 aromatic rings. The van der Waals surface area contributed by atoms with Crippen molar-refractivity contribution in [2.45, 2.75) is 37.8 Å². The van der Waals surface area contributed by atoms with Gasteiger partial charge in [-0.25, -0.2) is 4.79 Å². The van der Waals surface area contributed by atoms with Gasteiger partial charge in [0.25, 0.3) is 0 Å². The molecule has 1 saturated heterocycles. The highest BCUT2D eigenvalue weighted by Gasteiger charge is 2.25. The van der Waals surface area contributed by atoms with Crippen LogP contribution in [0.5, 0.6) is 0 Å². The third-order valence-electron chi connectivity index (χ3n) is 3.79. The van der Waals surface area contributed by atoms with Crippen molar-refractivity contribution in [2.75, 3.05) is 26.2 Å². The minimum absolute atomic E-state index is 0.0813.